The highest BCUT2D eigenvalue weighted by molar-refractivity contribution is 5.74. The molecule has 0 unspecified atom stereocenters. The first-order valence-electron chi connectivity index (χ1n) is 8.16. The zero-order valence-electron chi connectivity index (χ0n) is 13.5. The van der Waals surface area contributed by atoms with Gasteiger partial charge in [-0.3, -0.25) is 0 Å². The van der Waals surface area contributed by atoms with Gasteiger partial charge in [0.05, 0.1) is 13.2 Å². The third kappa shape index (κ3) is 3.52. The number of rotatable bonds is 3. The van der Waals surface area contributed by atoms with Crippen molar-refractivity contribution in [1.29, 1.82) is 0 Å². The quantitative estimate of drug-likeness (QED) is 0.883. The number of benzene rings is 1. The standard InChI is InChI=1S/C17H24N2O4/c1-22-15-4-2-3-13-9-14(11-23-16(13)15)18-17(21)19-7-5-12(10-20)6-8-19/h2-4,12,14,20H,5-11H2,1H3,(H,18,21)/t14-/m0/s1. The van der Waals surface area contributed by atoms with Gasteiger partial charge in [0.1, 0.15) is 6.61 Å². The minimum Gasteiger partial charge on any atom is -0.493 e. The Labute approximate surface area is 136 Å². The molecule has 0 bridgehead atoms. The molecule has 1 atom stereocenters. The maximum absolute atomic E-state index is 12.4. The van der Waals surface area contributed by atoms with Crippen LogP contribution in [0.15, 0.2) is 18.2 Å². The lowest BCUT2D eigenvalue weighted by Crippen LogP contribution is -2.51. The first kappa shape index (κ1) is 15.9. The molecular weight excluding hydrogens is 296 g/mol. The molecule has 0 radical (unpaired) electrons. The number of aliphatic hydroxyl groups excluding tert-OH is 1. The fourth-order valence-corrected chi connectivity index (χ4v) is 3.23. The zero-order valence-corrected chi connectivity index (χ0v) is 13.5. The third-order valence-electron chi connectivity index (χ3n) is 4.66. The smallest absolute Gasteiger partial charge is 0.317 e. The van der Waals surface area contributed by atoms with Crippen LogP contribution in [-0.2, 0) is 6.42 Å². The van der Waals surface area contributed by atoms with E-state index < -0.39 is 0 Å². The van der Waals surface area contributed by atoms with Crippen LogP contribution in [0.1, 0.15) is 18.4 Å². The van der Waals surface area contributed by atoms with Gasteiger partial charge in [-0.2, -0.15) is 0 Å². The molecule has 2 aliphatic rings. The molecule has 6 nitrogen and oxygen atoms in total. The van der Waals surface area contributed by atoms with E-state index in [4.69, 9.17) is 14.6 Å². The van der Waals surface area contributed by atoms with E-state index in [1.54, 1.807) is 7.11 Å². The number of ether oxygens (including phenoxy) is 2. The van der Waals surface area contributed by atoms with E-state index in [9.17, 15) is 4.79 Å². The number of para-hydroxylation sites is 1. The Balaban J connectivity index is 1.56. The van der Waals surface area contributed by atoms with Gasteiger partial charge in [0, 0.05) is 25.3 Å². The Kier molecular flexibility index (Phi) is 4.91. The number of nitrogens with one attached hydrogen (secondary N) is 1. The van der Waals surface area contributed by atoms with E-state index in [1.807, 2.05) is 23.1 Å². The second-order valence-corrected chi connectivity index (χ2v) is 6.22. The van der Waals surface area contributed by atoms with Crippen molar-refractivity contribution < 1.29 is 19.4 Å². The van der Waals surface area contributed by atoms with E-state index >= 15 is 0 Å². The summed E-state index contributed by atoms with van der Waals surface area (Å²) in [5, 5.41) is 12.2. The molecule has 1 aromatic carbocycles. The van der Waals surface area contributed by atoms with Crippen LogP contribution >= 0.6 is 0 Å². The van der Waals surface area contributed by atoms with Crippen LogP contribution in [0.25, 0.3) is 0 Å². The Hall–Kier alpha value is -1.95. The predicted molar refractivity (Wildman–Crippen MR) is 85.9 cm³/mol. The minimum absolute atomic E-state index is 0.0299. The molecule has 126 valence electrons. The number of piperidine rings is 1. The zero-order chi connectivity index (χ0) is 16.2. The van der Waals surface area contributed by atoms with Gasteiger partial charge in [-0.25, -0.2) is 4.79 Å². The summed E-state index contributed by atoms with van der Waals surface area (Å²) in [5.74, 6) is 1.85. The van der Waals surface area contributed by atoms with Crippen molar-refractivity contribution in [1.82, 2.24) is 10.2 Å². The van der Waals surface area contributed by atoms with Gasteiger partial charge in [0.15, 0.2) is 11.5 Å². The normalized spacial score (nSPS) is 21.3. The number of hydrogen-bond acceptors (Lipinski definition) is 4. The number of urea groups is 1. The van der Waals surface area contributed by atoms with E-state index in [2.05, 4.69) is 5.32 Å². The molecule has 3 rings (SSSR count). The van der Waals surface area contributed by atoms with E-state index in [1.165, 1.54) is 0 Å². The lowest BCUT2D eigenvalue weighted by Gasteiger charge is -2.33. The molecule has 0 aromatic heterocycles. The Morgan fingerprint density at radius 1 is 1.43 bits per heavy atom. The lowest BCUT2D eigenvalue weighted by atomic mass is 9.98. The summed E-state index contributed by atoms with van der Waals surface area (Å²) in [6.07, 6.45) is 2.47. The first-order chi connectivity index (χ1) is 11.2. The average Bonchev–Trinajstić information content (AvgIpc) is 2.61. The van der Waals surface area contributed by atoms with Crippen molar-refractivity contribution in [2.75, 3.05) is 33.4 Å². The summed E-state index contributed by atoms with van der Waals surface area (Å²) < 4.78 is 11.1. The monoisotopic (exact) mass is 320 g/mol. The molecule has 1 fully saturated rings. The van der Waals surface area contributed by atoms with Crippen LogP contribution < -0.4 is 14.8 Å². The van der Waals surface area contributed by atoms with Crippen molar-refractivity contribution >= 4 is 6.03 Å². The number of likely N-dealkylation sites (tertiary alicyclic amines) is 1. The van der Waals surface area contributed by atoms with Gasteiger partial charge in [-0.1, -0.05) is 12.1 Å². The summed E-state index contributed by atoms with van der Waals surface area (Å²) >= 11 is 0. The highest BCUT2D eigenvalue weighted by Gasteiger charge is 2.27. The Morgan fingerprint density at radius 2 is 2.22 bits per heavy atom. The van der Waals surface area contributed by atoms with Gasteiger partial charge < -0.3 is 24.8 Å². The topological polar surface area (TPSA) is 71.0 Å². The van der Waals surface area contributed by atoms with Gasteiger partial charge in [-0.05, 0) is 31.2 Å². The van der Waals surface area contributed by atoms with Crippen LogP contribution in [-0.4, -0.2) is 55.5 Å². The Bertz CT molecular complexity index is 556. The molecule has 0 saturated carbocycles. The van der Waals surface area contributed by atoms with E-state index in [0.717, 1.165) is 36.3 Å². The summed E-state index contributed by atoms with van der Waals surface area (Å²) in [4.78, 5) is 14.2. The molecule has 2 heterocycles. The number of methoxy groups -OCH3 is 1. The fraction of sp³-hybridized carbons (Fsp3) is 0.588. The summed E-state index contributed by atoms with van der Waals surface area (Å²) in [7, 11) is 1.63. The fourth-order valence-electron chi connectivity index (χ4n) is 3.23. The molecule has 1 saturated heterocycles. The highest BCUT2D eigenvalue weighted by Crippen LogP contribution is 2.34. The maximum atomic E-state index is 12.4. The largest absolute Gasteiger partial charge is 0.493 e. The van der Waals surface area contributed by atoms with Gasteiger partial charge in [0.2, 0.25) is 0 Å². The van der Waals surface area contributed by atoms with Crippen LogP contribution in [0.4, 0.5) is 4.79 Å². The molecular formula is C17H24N2O4. The maximum Gasteiger partial charge on any atom is 0.317 e. The Morgan fingerprint density at radius 3 is 2.91 bits per heavy atom. The van der Waals surface area contributed by atoms with Crippen LogP contribution in [0.5, 0.6) is 11.5 Å². The van der Waals surface area contributed by atoms with Crippen LogP contribution in [0.3, 0.4) is 0 Å². The molecule has 2 N–H and O–H groups in total. The molecule has 0 spiro atoms. The highest BCUT2D eigenvalue weighted by atomic mass is 16.5. The average molecular weight is 320 g/mol. The lowest BCUT2D eigenvalue weighted by molar-refractivity contribution is 0.132. The minimum atomic E-state index is -0.0404. The third-order valence-corrected chi connectivity index (χ3v) is 4.66. The van der Waals surface area contributed by atoms with Gasteiger partial charge in [-0.15, -0.1) is 0 Å². The summed E-state index contributed by atoms with van der Waals surface area (Å²) in [6, 6.07) is 5.75. The molecule has 2 aliphatic heterocycles. The molecule has 1 aromatic rings. The SMILES string of the molecule is COc1cccc2c1OC[C@@H](NC(=O)N1CCC(CO)CC1)C2. The van der Waals surface area contributed by atoms with Gasteiger partial charge >= 0.3 is 6.03 Å². The van der Waals surface area contributed by atoms with Crippen molar-refractivity contribution in [3.63, 3.8) is 0 Å². The first-order valence-corrected chi connectivity index (χ1v) is 8.16. The van der Waals surface area contributed by atoms with E-state index in [-0.39, 0.29) is 18.7 Å². The number of aliphatic hydroxyl groups is 1. The second kappa shape index (κ2) is 7.08. The van der Waals surface area contributed by atoms with Crippen molar-refractivity contribution in [3.05, 3.63) is 23.8 Å². The van der Waals surface area contributed by atoms with Crippen molar-refractivity contribution in [2.45, 2.75) is 25.3 Å². The molecule has 0 aliphatic carbocycles. The van der Waals surface area contributed by atoms with E-state index in [0.29, 0.717) is 25.6 Å². The number of nitrogens with zero attached hydrogens (tertiary/aromatic N) is 1. The molecule has 2 amide bonds. The number of fused-ring (bicyclic) bond motifs is 1. The summed E-state index contributed by atoms with van der Waals surface area (Å²) in [5.41, 5.74) is 1.06. The number of carbonyl (C=O) groups excluding carboxylic acids is 1. The number of hydrogen-bond donors (Lipinski definition) is 2. The number of amides is 2. The van der Waals surface area contributed by atoms with Crippen molar-refractivity contribution in [3.8, 4) is 11.5 Å². The van der Waals surface area contributed by atoms with Crippen LogP contribution in [0, 0.1) is 5.92 Å². The second-order valence-electron chi connectivity index (χ2n) is 6.22. The van der Waals surface area contributed by atoms with Crippen molar-refractivity contribution in [2.24, 2.45) is 5.92 Å². The molecule has 23 heavy (non-hydrogen) atoms. The van der Waals surface area contributed by atoms with Crippen LogP contribution in [0.2, 0.25) is 0 Å². The van der Waals surface area contributed by atoms with Gasteiger partial charge in [0.25, 0.3) is 0 Å². The predicted octanol–water partition coefficient (Wildman–Crippen LogP) is 1.41. The molecule has 6 heteroatoms. The number of carbonyl (C=O) groups is 1. The summed E-state index contributed by atoms with van der Waals surface area (Å²) in [6.45, 7) is 2.07.